The fourth-order valence-corrected chi connectivity index (χ4v) is 2.54. The van der Waals surface area contributed by atoms with Gasteiger partial charge in [-0.1, -0.05) is 51.4 Å². The van der Waals surface area contributed by atoms with Crippen molar-refractivity contribution in [3.63, 3.8) is 0 Å². The van der Waals surface area contributed by atoms with E-state index in [1.165, 1.54) is 51.4 Å². The van der Waals surface area contributed by atoms with Gasteiger partial charge in [-0.3, -0.25) is 20.6 Å². The Morgan fingerprint density at radius 3 is 1.19 bits per heavy atom. The van der Waals surface area contributed by atoms with Gasteiger partial charge in [-0.2, -0.15) is 10.5 Å². The van der Waals surface area contributed by atoms with Crippen LogP contribution in [0.25, 0.3) is 0 Å². The molecule has 0 saturated carbocycles. The summed E-state index contributed by atoms with van der Waals surface area (Å²) in [6.07, 6.45) is 16.1. The van der Waals surface area contributed by atoms with Crippen molar-refractivity contribution in [1.82, 2.24) is 21.3 Å². The summed E-state index contributed by atoms with van der Waals surface area (Å²) < 4.78 is 0. The molecule has 0 aliphatic carbocycles. The molecule has 0 aliphatic heterocycles. The lowest BCUT2D eigenvalue weighted by Crippen LogP contribution is -2.34. The molecular weight excluding hydrogens is 328 g/mol. The van der Waals surface area contributed by atoms with Gasteiger partial charge >= 0.3 is 0 Å². The zero-order valence-electron chi connectivity index (χ0n) is 16.3. The van der Waals surface area contributed by atoms with Crippen LogP contribution in [0.2, 0.25) is 0 Å². The summed E-state index contributed by atoms with van der Waals surface area (Å²) in [5.74, 6) is 1.09. The van der Waals surface area contributed by atoms with Crippen LogP contribution in [0.3, 0.4) is 0 Å². The average molecular weight is 363 g/mol. The van der Waals surface area contributed by atoms with Crippen LogP contribution in [0.4, 0.5) is 0 Å². The molecule has 0 radical (unpaired) electrons. The lowest BCUT2D eigenvalue weighted by Gasteiger charge is -2.07. The first-order valence-electron chi connectivity index (χ1n) is 9.50. The van der Waals surface area contributed by atoms with E-state index in [2.05, 4.69) is 31.3 Å². The van der Waals surface area contributed by atoms with Gasteiger partial charge in [0.25, 0.3) is 0 Å². The third kappa shape index (κ3) is 15.1. The summed E-state index contributed by atoms with van der Waals surface area (Å²) in [4.78, 5) is 7.88. The van der Waals surface area contributed by atoms with Crippen LogP contribution in [0.5, 0.6) is 0 Å². The van der Waals surface area contributed by atoms with E-state index < -0.39 is 0 Å². The number of nitrogens with zero attached hydrogens (tertiary/aromatic N) is 4. The van der Waals surface area contributed by atoms with Crippen molar-refractivity contribution in [2.45, 2.75) is 64.2 Å². The van der Waals surface area contributed by atoms with Gasteiger partial charge in [0.2, 0.25) is 11.9 Å². The van der Waals surface area contributed by atoms with Crippen molar-refractivity contribution in [3.8, 4) is 12.4 Å². The van der Waals surface area contributed by atoms with E-state index >= 15 is 0 Å². The van der Waals surface area contributed by atoms with Crippen LogP contribution < -0.4 is 21.3 Å². The minimum atomic E-state index is 0.544. The Kier molecular flexibility index (Phi) is 17.1. The Hall–Kier alpha value is -2.48. The minimum absolute atomic E-state index is 0.544. The zero-order valence-corrected chi connectivity index (χ0v) is 16.3. The molecule has 0 bridgehead atoms. The average Bonchev–Trinajstić information content (AvgIpc) is 2.66. The lowest BCUT2D eigenvalue weighted by molar-refractivity contribution is 0.548. The molecule has 146 valence electrons. The molecule has 0 amide bonds. The molecule has 0 aromatic rings. The fourth-order valence-electron chi connectivity index (χ4n) is 2.54. The van der Waals surface area contributed by atoms with Gasteiger partial charge in [-0.05, 0) is 12.8 Å². The maximum atomic E-state index is 8.52. The Balaban J connectivity index is 3.27. The minimum Gasteiger partial charge on any atom is -0.356 e. The number of unbranched alkanes of at least 4 members (excludes halogenated alkanes) is 9. The van der Waals surface area contributed by atoms with Crippen LogP contribution >= 0.6 is 0 Å². The Morgan fingerprint density at radius 1 is 0.615 bits per heavy atom. The standard InChI is InChI=1S/C18H34N8/c1-21-17(25-15-19)23-13-11-9-7-5-3-4-6-8-10-12-14-24-18(22-2)26-16-20/h3-14H2,1-2H3,(H2,21,23,25)(H2,22,24,26). The van der Waals surface area contributed by atoms with E-state index in [1.54, 1.807) is 14.1 Å². The van der Waals surface area contributed by atoms with Crippen molar-refractivity contribution in [1.29, 1.82) is 10.5 Å². The molecule has 8 heteroatoms. The van der Waals surface area contributed by atoms with Crippen LogP contribution in [0.15, 0.2) is 9.98 Å². The summed E-state index contributed by atoms with van der Waals surface area (Å²) >= 11 is 0. The number of rotatable bonds is 13. The van der Waals surface area contributed by atoms with Crippen LogP contribution in [-0.4, -0.2) is 39.1 Å². The first-order chi connectivity index (χ1) is 12.8. The van der Waals surface area contributed by atoms with Crippen LogP contribution in [0, 0.1) is 22.9 Å². The molecule has 0 aromatic heterocycles. The molecule has 0 spiro atoms. The van der Waals surface area contributed by atoms with Crippen molar-refractivity contribution in [3.05, 3.63) is 0 Å². The topological polar surface area (TPSA) is 120 Å². The first kappa shape index (κ1) is 23.5. The molecule has 0 fully saturated rings. The zero-order chi connectivity index (χ0) is 19.3. The first-order valence-corrected chi connectivity index (χ1v) is 9.50. The van der Waals surface area contributed by atoms with Gasteiger partial charge in [0.05, 0.1) is 0 Å². The maximum Gasteiger partial charge on any atom is 0.204 e. The molecule has 0 rings (SSSR count). The quantitative estimate of drug-likeness (QED) is 0.131. The van der Waals surface area contributed by atoms with Gasteiger partial charge in [-0.15, -0.1) is 0 Å². The second-order valence-electron chi connectivity index (χ2n) is 6.01. The summed E-state index contributed by atoms with van der Waals surface area (Å²) in [5, 5.41) is 28.3. The number of nitriles is 2. The lowest BCUT2D eigenvalue weighted by atomic mass is 10.1. The summed E-state index contributed by atoms with van der Waals surface area (Å²) in [6, 6.07) is 0. The molecule has 4 N–H and O–H groups in total. The highest BCUT2D eigenvalue weighted by atomic mass is 15.2. The largest absolute Gasteiger partial charge is 0.356 e. The summed E-state index contributed by atoms with van der Waals surface area (Å²) in [5.41, 5.74) is 0. The van der Waals surface area contributed by atoms with E-state index in [9.17, 15) is 0 Å². The van der Waals surface area contributed by atoms with Crippen LogP contribution in [0.1, 0.15) is 64.2 Å². The summed E-state index contributed by atoms with van der Waals surface area (Å²) in [7, 11) is 3.32. The molecular formula is C18H34N8. The Morgan fingerprint density at radius 2 is 0.923 bits per heavy atom. The number of hydrogen-bond donors (Lipinski definition) is 4. The third-order valence-electron chi connectivity index (χ3n) is 3.98. The highest BCUT2D eigenvalue weighted by molar-refractivity contribution is 5.81. The third-order valence-corrected chi connectivity index (χ3v) is 3.98. The molecule has 0 unspecified atom stereocenters. The second kappa shape index (κ2) is 18.9. The highest BCUT2D eigenvalue weighted by Gasteiger charge is 1.97. The van der Waals surface area contributed by atoms with E-state index in [0.717, 1.165) is 25.9 Å². The molecule has 0 aromatic carbocycles. The molecule has 0 aliphatic rings. The van der Waals surface area contributed by atoms with E-state index in [-0.39, 0.29) is 0 Å². The van der Waals surface area contributed by atoms with Gasteiger partial charge in [0.1, 0.15) is 0 Å². The summed E-state index contributed by atoms with van der Waals surface area (Å²) in [6.45, 7) is 1.70. The number of hydrogen-bond acceptors (Lipinski definition) is 4. The normalized spacial score (nSPS) is 11.4. The van der Waals surface area contributed by atoms with E-state index in [4.69, 9.17) is 10.5 Å². The van der Waals surface area contributed by atoms with Gasteiger partial charge < -0.3 is 10.6 Å². The van der Waals surface area contributed by atoms with Crippen molar-refractivity contribution < 1.29 is 0 Å². The number of guanidine groups is 2. The Bertz CT molecular complexity index is 429. The number of aliphatic imine (C=N–C) groups is 2. The molecule has 0 heterocycles. The molecule has 0 saturated heterocycles. The van der Waals surface area contributed by atoms with E-state index in [0.29, 0.717) is 11.9 Å². The fraction of sp³-hybridized carbons (Fsp3) is 0.778. The molecule has 0 atom stereocenters. The monoisotopic (exact) mass is 362 g/mol. The SMILES string of the molecule is CN=C(NC#N)NCCCCCCCCCCCCNC(=NC)NC#N. The van der Waals surface area contributed by atoms with Crippen molar-refractivity contribution in [2.24, 2.45) is 9.98 Å². The predicted molar refractivity (Wildman–Crippen MR) is 106 cm³/mol. The molecule has 8 nitrogen and oxygen atoms in total. The van der Waals surface area contributed by atoms with Crippen molar-refractivity contribution in [2.75, 3.05) is 27.2 Å². The smallest absolute Gasteiger partial charge is 0.204 e. The highest BCUT2D eigenvalue weighted by Crippen LogP contribution is 2.10. The predicted octanol–water partition coefficient (Wildman–Crippen LogP) is 2.18. The van der Waals surface area contributed by atoms with Crippen LogP contribution in [-0.2, 0) is 0 Å². The van der Waals surface area contributed by atoms with Crippen molar-refractivity contribution >= 4 is 11.9 Å². The molecule has 26 heavy (non-hydrogen) atoms. The van der Waals surface area contributed by atoms with Gasteiger partial charge in [0.15, 0.2) is 12.4 Å². The van der Waals surface area contributed by atoms with Gasteiger partial charge in [0, 0.05) is 27.2 Å². The Labute approximate surface area is 158 Å². The maximum absolute atomic E-state index is 8.52. The van der Waals surface area contributed by atoms with E-state index in [1.807, 2.05) is 12.4 Å². The number of nitrogens with one attached hydrogen (secondary N) is 4. The van der Waals surface area contributed by atoms with Gasteiger partial charge in [-0.25, -0.2) is 0 Å². The second-order valence-corrected chi connectivity index (χ2v) is 6.01.